The van der Waals surface area contributed by atoms with Crippen molar-refractivity contribution >= 4 is 35.2 Å². The number of urea groups is 1. The van der Waals surface area contributed by atoms with Gasteiger partial charge in [-0.15, -0.1) is 0 Å². The van der Waals surface area contributed by atoms with Crippen LogP contribution in [0.2, 0.25) is 0 Å². The van der Waals surface area contributed by atoms with Gasteiger partial charge in [0, 0.05) is 54.9 Å². The number of morpholine rings is 1. The summed E-state index contributed by atoms with van der Waals surface area (Å²) >= 11 is 0. The Bertz CT molecular complexity index is 1230. The normalized spacial score (nSPS) is 20.8. The number of hydrogen-bond acceptors (Lipinski definition) is 4. The maximum absolute atomic E-state index is 13.8. The zero-order chi connectivity index (χ0) is 24.7. The molecule has 2 aromatic rings. The number of ether oxygens (including phenoxy) is 1. The topological polar surface area (TPSA) is 107 Å². The average molecular weight is 482 g/mol. The lowest BCUT2D eigenvalue weighted by Crippen LogP contribution is -2.48. The smallest absolute Gasteiger partial charge is 0.320 e. The van der Waals surface area contributed by atoms with Crippen molar-refractivity contribution in [1.29, 1.82) is 0 Å². The van der Waals surface area contributed by atoms with Crippen LogP contribution in [-0.4, -0.2) is 78.1 Å². The van der Waals surface area contributed by atoms with Gasteiger partial charge in [0.2, 0.25) is 0 Å². The second-order valence-corrected chi connectivity index (χ2v) is 9.15. The summed E-state index contributed by atoms with van der Waals surface area (Å²) in [7, 11) is 0. The summed E-state index contributed by atoms with van der Waals surface area (Å²) in [6, 6.07) is 4.00. The van der Waals surface area contributed by atoms with E-state index in [9.17, 15) is 18.8 Å². The van der Waals surface area contributed by atoms with E-state index < -0.39 is 5.82 Å². The van der Waals surface area contributed by atoms with Crippen LogP contribution < -0.4 is 10.6 Å². The van der Waals surface area contributed by atoms with E-state index in [-0.39, 0.29) is 23.9 Å². The first-order valence-electron chi connectivity index (χ1n) is 11.8. The number of nitrogens with zero attached hydrogens (tertiary/aromatic N) is 2. The largest absolute Gasteiger partial charge is 0.378 e. The van der Waals surface area contributed by atoms with Gasteiger partial charge in [0.25, 0.3) is 11.8 Å². The van der Waals surface area contributed by atoms with Gasteiger partial charge in [0.15, 0.2) is 0 Å². The first-order valence-corrected chi connectivity index (χ1v) is 11.8. The summed E-state index contributed by atoms with van der Waals surface area (Å²) in [5, 5.41) is 5.79. The highest BCUT2D eigenvalue weighted by Gasteiger charge is 2.32. The molecule has 3 aliphatic rings. The van der Waals surface area contributed by atoms with Crippen LogP contribution in [0, 0.1) is 19.7 Å². The van der Waals surface area contributed by atoms with Crippen molar-refractivity contribution < 1.29 is 23.5 Å². The fourth-order valence-electron chi connectivity index (χ4n) is 4.97. The Balaban J connectivity index is 1.30. The minimum atomic E-state index is -0.427. The van der Waals surface area contributed by atoms with Crippen LogP contribution in [0.3, 0.4) is 0 Å². The molecule has 2 fully saturated rings. The van der Waals surface area contributed by atoms with E-state index in [1.807, 2.05) is 6.92 Å². The van der Waals surface area contributed by atoms with Crippen LogP contribution in [0.1, 0.15) is 39.3 Å². The van der Waals surface area contributed by atoms with E-state index >= 15 is 0 Å². The van der Waals surface area contributed by atoms with Crippen molar-refractivity contribution in [2.75, 3.05) is 44.7 Å². The number of fused-ring (bicyclic) bond motifs is 1. The van der Waals surface area contributed by atoms with Gasteiger partial charge >= 0.3 is 6.03 Å². The van der Waals surface area contributed by atoms with Crippen molar-refractivity contribution in [3.63, 3.8) is 0 Å². The predicted octanol–water partition coefficient (Wildman–Crippen LogP) is 2.52. The van der Waals surface area contributed by atoms with Crippen molar-refractivity contribution in [2.24, 2.45) is 0 Å². The molecule has 0 radical (unpaired) electrons. The molecule has 3 N–H and O–H groups in total. The zero-order valence-electron chi connectivity index (χ0n) is 19.7. The Hall–Kier alpha value is -3.66. The predicted molar refractivity (Wildman–Crippen MR) is 128 cm³/mol. The summed E-state index contributed by atoms with van der Waals surface area (Å²) in [5.41, 5.74) is 3.87. The van der Waals surface area contributed by atoms with Crippen molar-refractivity contribution in [1.82, 2.24) is 20.1 Å². The minimum Gasteiger partial charge on any atom is -0.378 e. The number of likely N-dealkylation sites (tertiary alicyclic amines) is 1. The summed E-state index contributed by atoms with van der Waals surface area (Å²) in [6.45, 7) is 6.93. The van der Waals surface area contributed by atoms with E-state index in [0.717, 1.165) is 0 Å². The van der Waals surface area contributed by atoms with E-state index in [1.165, 1.54) is 18.2 Å². The Morgan fingerprint density at radius 2 is 1.94 bits per heavy atom. The molecule has 3 aliphatic heterocycles. The van der Waals surface area contributed by atoms with Crippen LogP contribution in [-0.2, 0) is 9.53 Å². The number of amides is 4. The van der Waals surface area contributed by atoms with Crippen LogP contribution >= 0.6 is 0 Å². The van der Waals surface area contributed by atoms with Gasteiger partial charge in [0.05, 0.1) is 24.4 Å². The lowest BCUT2D eigenvalue weighted by molar-refractivity contribution is -0.110. The second-order valence-electron chi connectivity index (χ2n) is 9.15. The number of hydrogen-bond donors (Lipinski definition) is 3. The molecule has 4 heterocycles. The number of halogens is 1. The Morgan fingerprint density at radius 3 is 2.71 bits per heavy atom. The van der Waals surface area contributed by atoms with Gasteiger partial charge in [-0.1, -0.05) is 0 Å². The molecule has 0 spiro atoms. The molecule has 10 heteroatoms. The van der Waals surface area contributed by atoms with Crippen LogP contribution in [0.4, 0.5) is 14.9 Å². The molecule has 184 valence electrons. The molecule has 0 saturated carbocycles. The molecule has 4 amide bonds. The number of carbonyl (C=O) groups excluding carboxylic acids is 3. The molecule has 0 unspecified atom stereocenters. The Kier molecular flexibility index (Phi) is 6.06. The first-order chi connectivity index (χ1) is 16.8. The molecule has 1 atom stereocenters. The molecular formula is C25H28FN5O4. The number of aryl methyl sites for hydroxylation is 1. The molecule has 0 aliphatic carbocycles. The molecular weight excluding hydrogens is 453 g/mol. The van der Waals surface area contributed by atoms with Crippen LogP contribution in [0.25, 0.3) is 11.6 Å². The number of carbonyl (C=O) groups is 3. The summed E-state index contributed by atoms with van der Waals surface area (Å²) < 4.78 is 19.1. The Morgan fingerprint density at radius 1 is 1.17 bits per heavy atom. The van der Waals surface area contributed by atoms with Gasteiger partial charge in [-0.2, -0.15) is 0 Å². The SMILES string of the molecule is Cc1[nH]c(/C=C2\C(=O)Nc3ccc(F)cc32)c(C)c1C(=O)N[C@H]1CCN(C(=O)N2CCOCC2)C1. The standard InChI is InChI=1S/C25H28FN5O4/c1-14-21(12-19-18-11-16(26)3-4-20(18)29-23(19)32)27-15(2)22(14)24(33)28-17-5-6-31(13-17)25(34)30-7-9-35-10-8-30/h3-4,11-12,17,27H,5-10,13H2,1-2H3,(H,28,33)(H,29,32)/b19-12-/t17-/m0/s1. The number of rotatable bonds is 3. The van der Waals surface area contributed by atoms with Gasteiger partial charge in [-0.25, -0.2) is 9.18 Å². The number of aromatic amines is 1. The zero-order valence-corrected chi connectivity index (χ0v) is 19.7. The monoisotopic (exact) mass is 481 g/mol. The minimum absolute atomic E-state index is 0.0143. The number of benzene rings is 1. The second kappa shape index (κ2) is 9.18. The quantitative estimate of drug-likeness (QED) is 0.586. The third-order valence-corrected chi connectivity index (χ3v) is 6.83. The average Bonchev–Trinajstić information content (AvgIpc) is 3.50. The molecule has 1 aromatic carbocycles. The summed E-state index contributed by atoms with van der Waals surface area (Å²) in [4.78, 5) is 45.1. The van der Waals surface area contributed by atoms with E-state index in [1.54, 1.807) is 22.8 Å². The molecule has 1 aromatic heterocycles. The third-order valence-electron chi connectivity index (χ3n) is 6.83. The highest BCUT2D eigenvalue weighted by atomic mass is 19.1. The Labute approximate surface area is 202 Å². The fraction of sp³-hybridized carbons (Fsp3) is 0.400. The maximum atomic E-state index is 13.8. The molecule has 35 heavy (non-hydrogen) atoms. The van der Waals surface area contributed by atoms with E-state index in [0.29, 0.717) is 85.2 Å². The molecule has 0 bridgehead atoms. The first kappa shape index (κ1) is 23.1. The van der Waals surface area contributed by atoms with Gasteiger partial charge in [0.1, 0.15) is 5.82 Å². The highest BCUT2D eigenvalue weighted by molar-refractivity contribution is 6.34. The highest BCUT2D eigenvalue weighted by Crippen LogP contribution is 2.34. The van der Waals surface area contributed by atoms with Gasteiger partial charge in [-0.05, 0) is 50.1 Å². The lowest BCUT2D eigenvalue weighted by Gasteiger charge is -2.31. The number of anilines is 1. The molecule has 5 rings (SSSR count). The van der Waals surface area contributed by atoms with Crippen molar-refractivity contribution in [3.8, 4) is 0 Å². The third kappa shape index (κ3) is 4.41. The molecule has 9 nitrogen and oxygen atoms in total. The van der Waals surface area contributed by atoms with E-state index in [4.69, 9.17) is 4.74 Å². The molecule has 2 saturated heterocycles. The van der Waals surface area contributed by atoms with Crippen molar-refractivity contribution in [2.45, 2.75) is 26.3 Å². The number of nitrogens with one attached hydrogen (secondary N) is 3. The van der Waals surface area contributed by atoms with Crippen LogP contribution in [0.5, 0.6) is 0 Å². The van der Waals surface area contributed by atoms with Crippen molar-refractivity contribution in [3.05, 3.63) is 52.1 Å². The lowest BCUT2D eigenvalue weighted by atomic mass is 10.0. The van der Waals surface area contributed by atoms with Gasteiger partial charge < -0.3 is 30.2 Å². The number of aromatic nitrogens is 1. The summed E-state index contributed by atoms with van der Waals surface area (Å²) in [6.07, 6.45) is 2.34. The van der Waals surface area contributed by atoms with Crippen LogP contribution in [0.15, 0.2) is 18.2 Å². The fourth-order valence-corrected chi connectivity index (χ4v) is 4.97. The number of H-pyrrole nitrogens is 1. The summed E-state index contributed by atoms with van der Waals surface area (Å²) in [5.74, 6) is -0.976. The maximum Gasteiger partial charge on any atom is 0.320 e. The van der Waals surface area contributed by atoms with E-state index in [2.05, 4.69) is 15.6 Å². The van der Waals surface area contributed by atoms with Gasteiger partial charge in [-0.3, -0.25) is 9.59 Å².